The van der Waals surface area contributed by atoms with Crippen molar-refractivity contribution in [2.75, 3.05) is 6.61 Å². The van der Waals surface area contributed by atoms with E-state index in [1.807, 2.05) is 24.3 Å². The van der Waals surface area contributed by atoms with Gasteiger partial charge in [0, 0.05) is 0 Å². The molecular formula is C17H20N2O3. The average molecular weight is 300 g/mol. The van der Waals surface area contributed by atoms with Gasteiger partial charge < -0.3 is 9.15 Å². The van der Waals surface area contributed by atoms with Crippen LogP contribution in [0.25, 0.3) is 0 Å². The highest BCUT2D eigenvalue weighted by Crippen LogP contribution is 2.28. The van der Waals surface area contributed by atoms with Crippen LogP contribution in [0.1, 0.15) is 37.5 Å². The predicted octanol–water partition coefficient (Wildman–Crippen LogP) is 3.32. The van der Waals surface area contributed by atoms with Crippen molar-refractivity contribution >= 4 is 12.1 Å². The quantitative estimate of drug-likeness (QED) is 0.630. The fraction of sp³-hybridized carbons (Fsp3) is 0.294. The Balaban J connectivity index is 1.86. The van der Waals surface area contributed by atoms with Crippen molar-refractivity contribution in [1.29, 1.82) is 0 Å². The minimum absolute atomic E-state index is 0.0804. The lowest BCUT2D eigenvalue weighted by atomic mass is 9.98. The summed E-state index contributed by atoms with van der Waals surface area (Å²) in [6.45, 7) is 4.18. The number of hydrazone groups is 1. The molecule has 0 aliphatic carbocycles. The summed E-state index contributed by atoms with van der Waals surface area (Å²) >= 11 is 0. The highest BCUT2D eigenvalue weighted by molar-refractivity contribution is 5.81. The average Bonchev–Trinajstić information content (AvgIpc) is 3.06. The van der Waals surface area contributed by atoms with Crippen molar-refractivity contribution in [3.05, 3.63) is 54.0 Å². The zero-order valence-electron chi connectivity index (χ0n) is 12.8. The van der Waals surface area contributed by atoms with Crippen molar-refractivity contribution in [2.24, 2.45) is 5.10 Å². The monoisotopic (exact) mass is 300 g/mol. The molecule has 5 heteroatoms. The van der Waals surface area contributed by atoms with E-state index in [0.29, 0.717) is 11.7 Å². The van der Waals surface area contributed by atoms with Gasteiger partial charge in [0.05, 0.1) is 12.5 Å². The van der Waals surface area contributed by atoms with E-state index in [0.717, 1.165) is 17.7 Å². The van der Waals surface area contributed by atoms with Crippen molar-refractivity contribution in [3.63, 3.8) is 0 Å². The molecule has 0 aliphatic rings. The molecule has 0 saturated carbocycles. The summed E-state index contributed by atoms with van der Waals surface area (Å²) in [5.41, 5.74) is 3.51. The van der Waals surface area contributed by atoms with Gasteiger partial charge in [-0.05, 0) is 36.1 Å². The van der Waals surface area contributed by atoms with Gasteiger partial charge in [-0.3, -0.25) is 4.79 Å². The van der Waals surface area contributed by atoms with Crippen LogP contribution in [0.15, 0.2) is 52.2 Å². The van der Waals surface area contributed by atoms with Gasteiger partial charge >= 0.3 is 0 Å². The second-order valence-corrected chi connectivity index (χ2v) is 4.94. The lowest BCUT2D eigenvalue weighted by molar-refractivity contribution is -0.123. The number of carbonyl (C=O) groups excluding carboxylic acids is 1. The van der Waals surface area contributed by atoms with E-state index < -0.39 is 0 Å². The molecule has 22 heavy (non-hydrogen) atoms. The molecule has 0 aliphatic heterocycles. The molecule has 5 nitrogen and oxygen atoms in total. The number of rotatable bonds is 7. The molecule has 0 bridgehead atoms. The van der Waals surface area contributed by atoms with Crippen LogP contribution in [0.4, 0.5) is 0 Å². The zero-order valence-corrected chi connectivity index (χ0v) is 12.8. The molecule has 1 unspecified atom stereocenters. The van der Waals surface area contributed by atoms with Gasteiger partial charge in [0.15, 0.2) is 6.61 Å². The number of para-hydroxylation sites is 1. The van der Waals surface area contributed by atoms with E-state index in [2.05, 4.69) is 24.4 Å². The smallest absolute Gasteiger partial charge is 0.277 e. The normalized spacial score (nSPS) is 12.3. The molecular weight excluding hydrogens is 280 g/mol. The molecule has 1 heterocycles. The van der Waals surface area contributed by atoms with Crippen LogP contribution in [0.5, 0.6) is 5.75 Å². The van der Waals surface area contributed by atoms with Crippen LogP contribution in [-0.4, -0.2) is 18.7 Å². The van der Waals surface area contributed by atoms with Crippen LogP contribution >= 0.6 is 0 Å². The molecule has 1 atom stereocenters. The summed E-state index contributed by atoms with van der Waals surface area (Å²) in [7, 11) is 0. The number of amides is 1. The Morgan fingerprint density at radius 2 is 2.18 bits per heavy atom. The summed E-state index contributed by atoms with van der Waals surface area (Å²) in [6.07, 6.45) is 3.99. The number of ether oxygens (including phenoxy) is 1. The number of hydrogen-bond donors (Lipinski definition) is 1. The van der Waals surface area contributed by atoms with Gasteiger partial charge in [-0.15, -0.1) is 0 Å². The SMILES string of the molecule is CCC(C)c1ccccc1OCC(=O)NN=Cc1ccco1. The van der Waals surface area contributed by atoms with E-state index in [4.69, 9.17) is 9.15 Å². The fourth-order valence-corrected chi connectivity index (χ4v) is 1.95. The molecule has 1 amide bonds. The minimum Gasteiger partial charge on any atom is -0.483 e. The van der Waals surface area contributed by atoms with Crippen molar-refractivity contribution < 1.29 is 13.9 Å². The highest BCUT2D eigenvalue weighted by atomic mass is 16.5. The van der Waals surface area contributed by atoms with Crippen LogP contribution < -0.4 is 10.2 Å². The van der Waals surface area contributed by atoms with Crippen LogP contribution in [-0.2, 0) is 4.79 Å². The summed E-state index contributed by atoms with van der Waals surface area (Å²) in [4.78, 5) is 11.7. The lowest BCUT2D eigenvalue weighted by Crippen LogP contribution is -2.24. The van der Waals surface area contributed by atoms with Crippen LogP contribution in [0, 0.1) is 0 Å². The van der Waals surface area contributed by atoms with E-state index >= 15 is 0 Å². The summed E-state index contributed by atoms with van der Waals surface area (Å²) in [5.74, 6) is 1.38. The van der Waals surface area contributed by atoms with E-state index in [9.17, 15) is 4.79 Å². The molecule has 1 aromatic carbocycles. The van der Waals surface area contributed by atoms with Crippen LogP contribution in [0.2, 0.25) is 0 Å². The first-order chi connectivity index (χ1) is 10.7. The maximum Gasteiger partial charge on any atom is 0.277 e. The van der Waals surface area contributed by atoms with Gasteiger partial charge in [-0.25, -0.2) is 5.43 Å². The topological polar surface area (TPSA) is 63.8 Å². The summed E-state index contributed by atoms with van der Waals surface area (Å²) in [6, 6.07) is 11.3. The second-order valence-electron chi connectivity index (χ2n) is 4.94. The maximum atomic E-state index is 11.7. The molecule has 0 saturated heterocycles. The maximum absolute atomic E-state index is 11.7. The number of benzene rings is 1. The standard InChI is InChI=1S/C17H20N2O3/c1-3-13(2)15-8-4-5-9-16(15)22-12-17(20)19-18-11-14-7-6-10-21-14/h4-11,13H,3,12H2,1-2H3,(H,19,20). The second kappa shape index (κ2) is 8.02. The van der Waals surface area contributed by atoms with E-state index in [1.54, 1.807) is 12.1 Å². The largest absolute Gasteiger partial charge is 0.483 e. The molecule has 1 N–H and O–H groups in total. The molecule has 0 radical (unpaired) electrons. The third-order valence-corrected chi connectivity index (χ3v) is 3.35. The number of nitrogens with zero attached hydrogens (tertiary/aromatic N) is 1. The van der Waals surface area contributed by atoms with Gasteiger partial charge in [0.1, 0.15) is 11.5 Å². The Hall–Kier alpha value is -2.56. The van der Waals surface area contributed by atoms with Crippen molar-refractivity contribution in [1.82, 2.24) is 5.43 Å². The Kier molecular flexibility index (Phi) is 5.77. The Morgan fingerprint density at radius 3 is 2.91 bits per heavy atom. The fourth-order valence-electron chi connectivity index (χ4n) is 1.95. The van der Waals surface area contributed by atoms with Gasteiger partial charge in [-0.1, -0.05) is 32.0 Å². The van der Waals surface area contributed by atoms with Crippen molar-refractivity contribution in [2.45, 2.75) is 26.2 Å². The van der Waals surface area contributed by atoms with Gasteiger partial charge in [-0.2, -0.15) is 5.10 Å². The van der Waals surface area contributed by atoms with Crippen LogP contribution in [0.3, 0.4) is 0 Å². The zero-order chi connectivity index (χ0) is 15.8. The molecule has 1 aromatic heterocycles. The third kappa shape index (κ3) is 4.48. The Morgan fingerprint density at radius 1 is 1.36 bits per heavy atom. The minimum atomic E-state index is -0.318. The number of hydrogen-bond acceptors (Lipinski definition) is 4. The first kappa shape index (κ1) is 15.8. The molecule has 0 fully saturated rings. The van der Waals surface area contributed by atoms with E-state index in [1.165, 1.54) is 12.5 Å². The molecule has 2 rings (SSSR count). The molecule has 0 spiro atoms. The lowest BCUT2D eigenvalue weighted by Gasteiger charge is -2.15. The third-order valence-electron chi connectivity index (χ3n) is 3.35. The predicted molar refractivity (Wildman–Crippen MR) is 85.1 cm³/mol. The molecule has 116 valence electrons. The summed E-state index contributed by atoms with van der Waals surface area (Å²) in [5, 5.41) is 3.80. The Bertz CT molecular complexity index is 621. The van der Waals surface area contributed by atoms with E-state index in [-0.39, 0.29) is 12.5 Å². The summed E-state index contributed by atoms with van der Waals surface area (Å²) < 4.78 is 10.7. The first-order valence-corrected chi connectivity index (χ1v) is 7.27. The number of furan rings is 1. The van der Waals surface area contributed by atoms with Crippen molar-refractivity contribution in [3.8, 4) is 5.75 Å². The number of carbonyl (C=O) groups is 1. The van der Waals surface area contributed by atoms with Gasteiger partial charge in [0.25, 0.3) is 5.91 Å². The number of nitrogens with one attached hydrogen (secondary N) is 1. The Labute approximate surface area is 130 Å². The molecule has 2 aromatic rings. The highest BCUT2D eigenvalue weighted by Gasteiger charge is 2.10. The van der Waals surface area contributed by atoms with Gasteiger partial charge in [0.2, 0.25) is 0 Å². The first-order valence-electron chi connectivity index (χ1n) is 7.27.